The van der Waals surface area contributed by atoms with E-state index in [9.17, 15) is 9.59 Å². The van der Waals surface area contributed by atoms with Crippen LogP contribution >= 0.6 is 12.2 Å². The van der Waals surface area contributed by atoms with Crippen LogP contribution in [0.1, 0.15) is 14.3 Å². The van der Waals surface area contributed by atoms with Crippen molar-refractivity contribution in [2.45, 2.75) is 12.8 Å². The van der Waals surface area contributed by atoms with Crippen LogP contribution in [0.2, 0.25) is 0 Å². The van der Waals surface area contributed by atoms with Gasteiger partial charge in [-0.2, -0.15) is 4.31 Å². The van der Waals surface area contributed by atoms with Gasteiger partial charge in [-0.1, -0.05) is 0 Å². The molecular weight excluding hydrogens is 165 g/mol. The minimum absolute atomic E-state index is 0. The molecule has 0 atom stereocenters. The van der Waals surface area contributed by atoms with Gasteiger partial charge in [0, 0.05) is 12.8 Å². The van der Waals surface area contributed by atoms with Crippen LogP contribution in [-0.4, -0.2) is 20.7 Å². The first-order valence-electron chi connectivity index (χ1n) is 2.43. The zero-order valence-electron chi connectivity index (χ0n) is 6.53. The largest absolute Gasteiger partial charge is 1.00 e. The molecule has 0 saturated carbocycles. The molecule has 2 amide bonds. The van der Waals surface area contributed by atoms with E-state index in [1.807, 2.05) is 0 Å². The van der Waals surface area contributed by atoms with Gasteiger partial charge in [0.05, 0.1) is 0 Å². The molecule has 1 fully saturated rings. The van der Waals surface area contributed by atoms with Gasteiger partial charge in [-0.15, -0.1) is 0 Å². The average molecular weight is 171 g/mol. The Bertz CT molecular complexity index is 151. The minimum atomic E-state index is -0.312. The monoisotopic (exact) mass is 171 g/mol. The number of hydrogen-bond acceptors (Lipinski definition) is 4. The van der Waals surface area contributed by atoms with Crippen molar-refractivity contribution in [2.24, 2.45) is 0 Å². The standard InChI is InChI=1S/C4H5NO3S.Na.H/c6-3-1-2-4(7)5(3)9-8;;/h8H,1-2H2;;/q;+1;-1. The molecule has 0 radical (unpaired) electrons. The summed E-state index contributed by atoms with van der Waals surface area (Å²) in [6.07, 6.45) is 0.457. The Kier molecular flexibility index (Phi) is 4.55. The molecule has 0 aromatic carbocycles. The molecule has 0 aromatic heterocycles. The van der Waals surface area contributed by atoms with E-state index in [0.29, 0.717) is 0 Å². The third-order valence-corrected chi connectivity index (χ3v) is 1.66. The van der Waals surface area contributed by atoms with Gasteiger partial charge in [0.1, 0.15) is 12.2 Å². The molecule has 0 unspecified atom stereocenters. The molecule has 1 aliphatic heterocycles. The van der Waals surface area contributed by atoms with Gasteiger partial charge in [0.25, 0.3) is 0 Å². The predicted octanol–water partition coefficient (Wildman–Crippen LogP) is -2.63. The Morgan fingerprint density at radius 3 is 2.00 bits per heavy atom. The van der Waals surface area contributed by atoms with Crippen molar-refractivity contribution in [1.29, 1.82) is 0 Å². The molecule has 0 spiro atoms. The van der Waals surface area contributed by atoms with Crippen molar-refractivity contribution in [1.82, 2.24) is 4.31 Å². The number of hydrogen-bond donors (Lipinski definition) is 1. The summed E-state index contributed by atoms with van der Waals surface area (Å²) in [5.74, 6) is -0.625. The van der Waals surface area contributed by atoms with Crippen molar-refractivity contribution in [3.63, 3.8) is 0 Å². The molecule has 1 heterocycles. The quantitative estimate of drug-likeness (QED) is 0.203. The first-order chi connectivity index (χ1) is 4.25. The van der Waals surface area contributed by atoms with Crippen LogP contribution in [0.3, 0.4) is 0 Å². The van der Waals surface area contributed by atoms with E-state index in [4.69, 9.17) is 4.55 Å². The van der Waals surface area contributed by atoms with Gasteiger partial charge >= 0.3 is 29.6 Å². The second kappa shape index (κ2) is 4.35. The maximum atomic E-state index is 10.5. The summed E-state index contributed by atoms with van der Waals surface area (Å²) in [6.45, 7) is 0. The van der Waals surface area contributed by atoms with E-state index in [0.717, 1.165) is 4.31 Å². The number of carbonyl (C=O) groups excluding carboxylic acids is 2. The van der Waals surface area contributed by atoms with Crippen LogP contribution in [0.4, 0.5) is 0 Å². The molecule has 0 aliphatic carbocycles. The molecule has 4 nitrogen and oxygen atoms in total. The Labute approximate surface area is 86.1 Å². The van der Waals surface area contributed by atoms with Crippen molar-refractivity contribution in [3.8, 4) is 0 Å². The second-order valence-electron chi connectivity index (χ2n) is 1.66. The first kappa shape index (κ1) is 10.4. The van der Waals surface area contributed by atoms with Gasteiger partial charge in [0.15, 0.2) is 0 Å². The molecule has 0 bridgehead atoms. The van der Waals surface area contributed by atoms with Crippen molar-refractivity contribution in [3.05, 3.63) is 0 Å². The topological polar surface area (TPSA) is 57.6 Å². The fraction of sp³-hybridized carbons (Fsp3) is 0.500. The summed E-state index contributed by atoms with van der Waals surface area (Å²) in [7, 11) is 0. The summed E-state index contributed by atoms with van der Waals surface area (Å²) in [5.41, 5.74) is 0. The van der Waals surface area contributed by atoms with Gasteiger partial charge in [-0.05, 0) is 0 Å². The van der Waals surface area contributed by atoms with E-state index < -0.39 is 0 Å². The fourth-order valence-electron chi connectivity index (χ4n) is 0.647. The number of carbonyl (C=O) groups is 2. The third-order valence-electron chi connectivity index (χ3n) is 1.09. The van der Waals surface area contributed by atoms with Crippen LogP contribution in [0.25, 0.3) is 0 Å². The van der Waals surface area contributed by atoms with Crippen LogP contribution < -0.4 is 29.6 Å². The maximum Gasteiger partial charge on any atom is 1.00 e. The predicted molar refractivity (Wildman–Crippen MR) is 32.4 cm³/mol. The van der Waals surface area contributed by atoms with Crippen LogP contribution in [0.5, 0.6) is 0 Å². The average Bonchev–Trinajstić information content (AvgIpc) is 2.12. The van der Waals surface area contributed by atoms with Gasteiger partial charge in [-0.3, -0.25) is 9.59 Å². The fourth-order valence-corrected chi connectivity index (χ4v) is 1.01. The third kappa shape index (κ3) is 1.96. The Hall–Kier alpha value is 0.450. The molecule has 0 aromatic rings. The zero-order valence-corrected chi connectivity index (χ0v) is 8.35. The number of imide groups is 1. The summed E-state index contributed by atoms with van der Waals surface area (Å²) in [5, 5.41) is 0. The maximum absolute atomic E-state index is 10.5. The molecule has 10 heavy (non-hydrogen) atoms. The van der Waals surface area contributed by atoms with E-state index in [1.165, 1.54) is 0 Å². The van der Waals surface area contributed by atoms with E-state index in [-0.39, 0.29) is 67.9 Å². The molecule has 1 aliphatic rings. The normalized spacial score (nSPS) is 17.5. The Morgan fingerprint density at radius 2 is 1.80 bits per heavy atom. The van der Waals surface area contributed by atoms with Gasteiger partial charge in [-0.25, -0.2) is 0 Å². The molecule has 1 rings (SSSR count). The summed E-state index contributed by atoms with van der Waals surface area (Å²) in [4.78, 5) is 21.1. The summed E-state index contributed by atoms with van der Waals surface area (Å²) >= 11 is 0.183. The minimum Gasteiger partial charge on any atom is -1.00 e. The van der Waals surface area contributed by atoms with Crippen LogP contribution in [-0.2, 0) is 9.59 Å². The molecular formula is C4H6NNaO3S. The Balaban J connectivity index is 0. The Morgan fingerprint density at radius 1 is 1.40 bits per heavy atom. The van der Waals surface area contributed by atoms with Crippen molar-refractivity contribution in [2.75, 3.05) is 0 Å². The van der Waals surface area contributed by atoms with Crippen molar-refractivity contribution < 1.29 is 45.1 Å². The van der Waals surface area contributed by atoms with Gasteiger partial charge in [0.2, 0.25) is 11.8 Å². The summed E-state index contributed by atoms with van der Waals surface area (Å²) < 4.78 is 9.07. The smallest absolute Gasteiger partial charge is 1.00 e. The number of amides is 2. The summed E-state index contributed by atoms with van der Waals surface area (Å²) in [6, 6.07) is 0. The first-order valence-corrected chi connectivity index (χ1v) is 3.16. The second-order valence-corrected chi connectivity index (χ2v) is 2.19. The van der Waals surface area contributed by atoms with Gasteiger partial charge < -0.3 is 5.98 Å². The van der Waals surface area contributed by atoms with E-state index in [1.54, 1.807) is 0 Å². The van der Waals surface area contributed by atoms with Crippen molar-refractivity contribution >= 4 is 24.0 Å². The molecule has 6 heteroatoms. The number of rotatable bonds is 1. The number of nitrogens with zero attached hydrogens (tertiary/aromatic N) is 1. The zero-order chi connectivity index (χ0) is 6.85. The van der Waals surface area contributed by atoms with E-state index >= 15 is 0 Å². The van der Waals surface area contributed by atoms with Crippen LogP contribution in [0, 0.1) is 0 Å². The van der Waals surface area contributed by atoms with E-state index in [2.05, 4.69) is 0 Å². The van der Waals surface area contributed by atoms with Crippen LogP contribution in [0.15, 0.2) is 0 Å². The molecule has 1 N–H and O–H groups in total. The molecule has 52 valence electrons. The SMILES string of the molecule is O=C1CCC(=O)N1SO.[H-].[Na+]. The molecule has 1 saturated heterocycles.